The Morgan fingerprint density at radius 2 is 1.38 bits per heavy atom. The van der Waals surface area contributed by atoms with Gasteiger partial charge in [-0.05, 0) is 49.3 Å². The molecule has 118 valence electrons. The maximum atomic E-state index is 12.5. The molecule has 4 rings (SSSR count). The van der Waals surface area contributed by atoms with Crippen LogP contribution in [0.15, 0.2) is 78.1 Å². The van der Waals surface area contributed by atoms with Crippen LogP contribution in [0.5, 0.6) is 0 Å². The monoisotopic (exact) mass is 316 g/mol. The molecule has 1 aliphatic carbocycles. The van der Waals surface area contributed by atoms with Crippen molar-refractivity contribution in [2.75, 3.05) is 5.32 Å². The summed E-state index contributed by atoms with van der Waals surface area (Å²) < 4.78 is 0. The van der Waals surface area contributed by atoms with E-state index in [1.54, 1.807) is 24.3 Å². The summed E-state index contributed by atoms with van der Waals surface area (Å²) in [6, 6.07) is 16.9. The molecular weight excluding hydrogens is 300 g/mol. The Balaban J connectivity index is 1.57. The number of hydrogen-bond donors (Lipinski definition) is 1. The molecule has 2 amide bonds. The molecule has 24 heavy (non-hydrogen) atoms. The van der Waals surface area contributed by atoms with Gasteiger partial charge in [0, 0.05) is 17.1 Å². The van der Waals surface area contributed by atoms with E-state index in [2.05, 4.69) is 5.32 Å². The van der Waals surface area contributed by atoms with E-state index in [1.165, 1.54) is 4.90 Å². The highest BCUT2D eigenvalue weighted by Gasteiger charge is 2.37. The fourth-order valence-corrected chi connectivity index (χ4v) is 3.07. The second-order valence-electron chi connectivity index (χ2n) is 5.83. The fourth-order valence-electron chi connectivity index (χ4n) is 3.07. The standard InChI is InChI=1S/C20H16N2O2/c23-19-17-8-4-5-9-18(17)20(24)22(19)16-12-10-15(11-13-16)21-14-6-2-1-3-7-14/h1-10,12,21H,11,13H2. The first-order valence-electron chi connectivity index (χ1n) is 7.93. The summed E-state index contributed by atoms with van der Waals surface area (Å²) >= 11 is 0. The molecule has 0 spiro atoms. The summed E-state index contributed by atoms with van der Waals surface area (Å²) in [7, 11) is 0. The number of rotatable bonds is 3. The largest absolute Gasteiger partial charge is 0.359 e. The highest BCUT2D eigenvalue weighted by molar-refractivity contribution is 6.22. The van der Waals surface area contributed by atoms with Gasteiger partial charge in [-0.3, -0.25) is 9.59 Å². The summed E-state index contributed by atoms with van der Waals surface area (Å²) in [5.74, 6) is -0.454. The van der Waals surface area contributed by atoms with Crippen molar-refractivity contribution >= 4 is 17.5 Å². The van der Waals surface area contributed by atoms with Crippen molar-refractivity contribution in [3.05, 3.63) is 89.3 Å². The topological polar surface area (TPSA) is 49.4 Å². The maximum absolute atomic E-state index is 12.5. The van der Waals surface area contributed by atoms with Gasteiger partial charge in [0.2, 0.25) is 0 Å². The van der Waals surface area contributed by atoms with E-state index in [1.807, 2.05) is 42.5 Å². The number of anilines is 1. The second-order valence-corrected chi connectivity index (χ2v) is 5.83. The molecule has 4 heteroatoms. The Hall–Kier alpha value is -3.14. The van der Waals surface area contributed by atoms with Gasteiger partial charge in [-0.2, -0.15) is 0 Å². The SMILES string of the molecule is O=C1c2ccccc2C(=O)N1C1=CC=C(Nc2ccccc2)CC1. The number of carbonyl (C=O) groups excluding carboxylic acids is 2. The van der Waals surface area contributed by atoms with Gasteiger partial charge in [0.05, 0.1) is 11.1 Å². The lowest BCUT2D eigenvalue weighted by molar-refractivity contribution is 0.0699. The first kappa shape index (κ1) is 14.5. The highest BCUT2D eigenvalue weighted by Crippen LogP contribution is 2.30. The zero-order valence-corrected chi connectivity index (χ0v) is 13.0. The summed E-state index contributed by atoms with van der Waals surface area (Å²) in [4.78, 5) is 26.3. The van der Waals surface area contributed by atoms with Gasteiger partial charge >= 0.3 is 0 Å². The van der Waals surface area contributed by atoms with Crippen molar-refractivity contribution in [1.29, 1.82) is 0 Å². The fraction of sp³-hybridized carbons (Fsp3) is 0.100. The van der Waals surface area contributed by atoms with E-state index in [-0.39, 0.29) is 11.8 Å². The molecule has 0 saturated carbocycles. The van der Waals surface area contributed by atoms with Crippen molar-refractivity contribution in [3.8, 4) is 0 Å². The van der Waals surface area contributed by atoms with Crippen LogP contribution in [-0.4, -0.2) is 16.7 Å². The minimum Gasteiger partial charge on any atom is -0.359 e. The number of amides is 2. The summed E-state index contributed by atoms with van der Waals surface area (Å²) in [6.07, 6.45) is 5.21. The summed E-state index contributed by atoms with van der Waals surface area (Å²) in [5.41, 5.74) is 3.82. The van der Waals surface area contributed by atoms with Crippen molar-refractivity contribution < 1.29 is 9.59 Å². The van der Waals surface area contributed by atoms with Gasteiger partial charge in [-0.15, -0.1) is 0 Å². The van der Waals surface area contributed by atoms with E-state index in [4.69, 9.17) is 0 Å². The molecule has 1 aliphatic heterocycles. The minimum atomic E-state index is -0.227. The van der Waals surface area contributed by atoms with Gasteiger partial charge in [-0.25, -0.2) is 4.90 Å². The number of allylic oxidation sites excluding steroid dienone is 4. The van der Waals surface area contributed by atoms with Crippen LogP contribution in [0.2, 0.25) is 0 Å². The third-order valence-corrected chi connectivity index (χ3v) is 4.29. The van der Waals surface area contributed by atoms with Crippen LogP contribution >= 0.6 is 0 Å². The molecule has 0 aromatic heterocycles. The molecule has 2 aliphatic rings. The van der Waals surface area contributed by atoms with Crippen molar-refractivity contribution in [1.82, 2.24) is 4.90 Å². The number of para-hydroxylation sites is 1. The van der Waals surface area contributed by atoms with E-state index < -0.39 is 0 Å². The smallest absolute Gasteiger partial charge is 0.265 e. The predicted octanol–water partition coefficient (Wildman–Crippen LogP) is 3.96. The normalized spacial score (nSPS) is 16.6. The van der Waals surface area contributed by atoms with Crippen LogP contribution in [0.3, 0.4) is 0 Å². The number of imide groups is 1. The third-order valence-electron chi connectivity index (χ3n) is 4.29. The lowest BCUT2D eigenvalue weighted by atomic mass is 10.1. The molecule has 4 nitrogen and oxygen atoms in total. The number of fused-ring (bicyclic) bond motifs is 1. The van der Waals surface area contributed by atoms with Crippen LogP contribution in [0.1, 0.15) is 33.6 Å². The van der Waals surface area contributed by atoms with E-state index in [9.17, 15) is 9.59 Å². The Morgan fingerprint density at radius 1 is 0.750 bits per heavy atom. The number of nitrogens with zero attached hydrogens (tertiary/aromatic N) is 1. The highest BCUT2D eigenvalue weighted by atomic mass is 16.2. The lowest BCUT2D eigenvalue weighted by Crippen LogP contribution is -2.29. The first-order chi connectivity index (χ1) is 11.7. The number of nitrogens with one attached hydrogen (secondary N) is 1. The molecule has 0 radical (unpaired) electrons. The predicted molar refractivity (Wildman–Crippen MR) is 92.4 cm³/mol. The molecule has 2 aromatic rings. The Labute approximate surface area is 140 Å². The number of carbonyl (C=O) groups is 2. The Morgan fingerprint density at radius 3 is 1.96 bits per heavy atom. The minimum absolute atomic E-state index is 0.227. The molecule has 1 N–H and O–H groups in total. The van der Waals surface area contributed by atoms with E-state index >= 15 is 0 Å². The molecule has 1 heterocycles. The Kier molecular flexibility index (Phi) is 3.50. The third kappa shape index (κ3) is 2.42. The van der Waals surface area contributed by atoms with Crippen LogP contribution in [0, 0.1) is 0 Å². The van der Waals surface area contributed by atoms with Gasteiger partial charge in [-0.1, -0.05) is 30.3 Å². The lowest BCUT2D eigenvalue weighted by Gasteiger charge is -2.22. The van der Waals surface area contributed by atoms with Crippen molar-refractivity contribution in [2.45, 2.75) is 12.8 Å². The number of hydrogen-bond acceptors (Lipinski definition) is 3. The van der Waals surface area contributed by atoms with Gasteiger partial charge in [0.15, 0.2) is 0 Å². The van der Waals surface area contributed by atoms with Crippen LogP contribution in [0.25, 0.3) is 0 Å². The van der Waals surface area contributed by atoms with Crippen LogP contribution in [0.4, 0.5) is 5.69 Å². The van der Waals surface area contributed by atoms with Crippen LogP contribution < -0.4 is 5.32 Å². The Bertz CT molecular complexity index is 847. The maximum Gasteiger partial charge on any atom is 0.265 e. The first-order valence-corrected chi connectivity index (χ1v) is 7.93. The molecule has 0 saturated heterocycles. The van der Waals surface area contributed by atoms with Crippen molar-refractivity contribution in [3.63, 3.8) is 0 Å². The van der Waals surface area contributed by atoms with Gasteiger partial charge in [0.1, 0.15) is 0 Å². The summed E-state index contributed by atoms with van der Waals surface area (Å²) in [5, 5.41) is 3.36. The van der Waals surface area contributed by atoms with E-state index in [0.717, 1.165) is 23.5 Å². The zero-order valence-electron chi connectivity index (χ0n) is 13.0. The summed E-state index contributed by atoms with van der Waals surface area (Å²) in [6.45, 7) is 0. The van der Waals surface area contributed by atoms with Gasteiger partial charge < -0.3 is 5.32 Å². The quantitative estimate of drug-likeness (QED) is 0.872. The molecule has 0 atom stereocenters. The van der Waals surface area contributed by atoms with Crippen LogP contribution in [-0.2, 0) is 0 Å². The van der Waals surface area contributed by atoms with Crippen molar-refractivity contribution in [2.24, 2.45) is 0 Å². The van der Waals surface area contributed by atoms with Gasteiger partial charge in [0.25, 0.3) is 11.8 Å². The zero-order chi connectivity index (χ0) is 16.5. The molecule has 2 aromatic carbocycles. The molecule has 0 bridgehead atoms. The molecular formula is C20H16N2O2. The number of benzene rings is 2. The van der Waals surface area contributed by atoms with E-state index in [0.29, 0.717) is 17.5 Å². The average molecular weight is 316 g/mol. The molecule has 0 unspecified atom stereocenters. The molecule has 0 fully saturated rings. The average Bonchev–Trinajstić information content (AvgIpc) is 2.88. The second kappa shape index (κ2) is 5.81.